The lowest BCUT2D eigenvalue weighted by molar-refractivity contribution is 0.0495. The summed E-state index contributed by atoms with van der Waals surface area (Å²) in [4.78, 5) is 11.1. The van der Waals surface area contributed by atoms with E-state index in [2.05, 4.69) is 31.1 Å². The number of piperidine rings is 3. The third-order valence-corrected chi connectivity index (χ3v) is 5.67. The van der Waals surface area contributed by atoms with E-state index >= 15 is 0 Å². The Bertz CT molecular complexity index is 887. The lowest BCUT2D eigenvalue weighted by Gasteiger charge is -2.45. The molecule has 1 unspecified atom stereocenters. The van der Waals surface area contributed by atoms with Crippen LogP contribution in [0.4, 0.5) is 0 Å². The van der Waals surface area contributed by atoms with Crippen molar-refractivity contribution in [2.75, 3.05) is 13.1 Å². The van der Waals surface area contributed by atoms with Gasteiger partial charge in [-0.05, 0) is 56.8 Å². The van der Waals surface area contributed by atoms with Gasteiger partial charge in [0.15, 0.2) is 5.82 Å². The molecule has 138 valence electrons. The van der Waals surface area contributed by atoms with Crippen molar-refractivity contribution in [3.05, 3.63) is 54.7 Å². The summed E-state index contributed by atoms with van der Waals surface area (Å²) in [6.45, 7) is 2.46. The average Bonchev–Trinajstić information content (AvgIpc) is 3.26. The largest absolute Gasteiger partial charge is 0.419 e. The first-order chi connectivity index (χ1) is 13.3. The maximum atomic E-state index is 5.98. The second-order valence-electron chi connectivity index (χ2n) is 7.34. The molecule has 3 saturated heterocycles. The highest BCUT2D eigenvalue weighted by Gasteiger charge is 2.33. The van der Waals surface area contributed by atoms with Crippen LogP contribution in [0.25, 0.3) is 5.82 Å². The minimum Gasteiger partial charge on any atom is -0.419 e. The Morgan fingerprint density at radius 2 is 2.00 bits per heavy atom. The second kappa shape index (κ2) is 7.08. The van der Waals surface area contributed by atoms with Gasteiger partial charge < -0.3 is 9.64 Å². The van der Waals surface area contributed by atoms with Crippen LogP contribution in [0.2, 0.25) is 0 Å². The van der Waals surface area contributed by atoms with Crippen molar-refractivity contribution < 1.29 is 4.74 Å². The van der Waals surface area contributed by atoms with Crippen molar-refractivity contribution in [1.82, 2.24) is 29.6 Å². The van der Waals surface area contributed by atoms with Crippen LogP contribution in [0.15, 0.2) is 49.2 Å². The molecule has 3 aromatic rings. The van der Waals surface area contributed by atoms with Crippen LogP contribution < -0.4 is 4.74 Å². The Hall–Kier alpha value is -2.80. The Morgan fingerprint density at radius 3 is 2.70 bits per heavy atom. The summed E-state index contributed by atoms with van der Waals surface area (Å²) in [5.74, 6) is 2.67. The predicted octanol–water partition coefficient (Wildman–Crippen LogP) is 2.88. The molecule has 3 aromatic heterocycles. The summed E-state index contributed by atoms with van der Waals surface area (Å²) >= 11 is 0. The number of fused-ring (bicyclic) bond motifs is 3. The molecule has 27 heavy (non-hydrogen) atoms. The molecular weight excluding hydrogens is 340 g/mol. The van der Waals surface area contributed by atoms with Crippen molar-refractivity contribution in [3.63, 3.8) is 0 Å². The smallest absolute Gasteiger partial charge is 0.240 e. The molecule has 0 saturated carbocycles. The monoisotopic (exact) mass is 362 g/mol. The number of hydrogen-bond acceptors (Lipinski definition) is 6. The number of nitrogens with zero attached hydrogens (tertiary/aromatic N) is 6. The van der Waals surface area contributed by atoms with Gasteiger partial charge >= 0.3 is 0 Å². The summed E-state index contributed by atoms with van der Waals surface area (Å²) in [6.07, 6.45) is 12.0. The lowest BCUT2D eigenvalue weighted by atomic mass is 9.81. The van der Waals surface area contributed by atoms with E-state index in [0.717, 1.165) is 17.9 Å². The van der Waals surface area contributed by atoms with Crippen molar-refractivity contribution in [1.29, 1.82) is 0 Å². The minimum atomic E-state index is 0.448. The first-order valence-electron chi connectivity index (χ1n) is 9.53. The standard InChI is InChI=1S/C20H22N6O/c1-2-16(13-17-12-15-5-9-25(17)10-6-15)20(22-7-1)27-19-4-3-18(23-24-19)26-11-8-21-14-26/h1-4,7-8,11,14-15,17H,5-6,9-10,12-13H2. The molecule has 0 amide bonds. The summed E-state index contributed by atoms with van der Waals surface area (Å²) in [6, 6.07) is 8.36. The number of ether oxygens (including phenoxy) is 1. The normalized spacial score (nSPS) is 24.1. The molecule has 1 atom stereocenters. The van der Waals surface area contributed by atoms with E-state index in [-0.39, 0.29) is 0 Å². The minimum absolute atomic E-state index is 0.448. The molecule has 6 rings (SSSR count). The predicted molar refractivity (Wildman–Crippen MR) is 99.9 cm³/mol. The molecule has 7 nitrogen and oxygen atoms in total. The molecule has 0 aliphatic carbocycles. The zero-order chi connectivity index (χ0) is 18.1. The van der Waals surface area contributed by atoms with Gasteiger partial charge in [-0.15, -0.1) is 10.2 Å². The fraction of sp³-hybridized carbons (Fsp3) is 0.400. The zero-order valence-corrected chi connectivity index (χ0v) is 15.1. The zero-order valence-electron chi connectivity index (χ0n) is 15.1. The quantitative estimate of drug-likeness (QED) is 0.695. The molecule has 0 aromatic carbocycles. The van der Waals surface area contributed by atoms with Crippen LogP contribution in [0.3, 0.4) is 0 Å². The molecule has 2 bridgehead atoms. The van der Waals surface area contributed by atoms with E-state index in [1.807, 2.05) is 24.4 Å². The van der Waals surface area contributed by atoms with Crippen molar-refractivity contribution in [2.24, 2.45) is 5.92 Å². The number of pyridine rings is 1. The highest BCUT2D eigenvalue weighted by Crippen LogP contribution is 2.34. The van der Waals surface area contributed by atoms with Gasteiger partial charge in [0, 0.05) is 36.3 Å². The Labute approximate surface area is 158 Å². The van der Waals surface area contributed by atoms with Crippen LogP contribution >= 0.6 is 0 Å². The van der Waals surface area contributed by atoms with Crippen LogP contribution in [0.5, 0.6) is 11.8 Å². The summed E-state index contributed by atoms with van der Waals surface area (Å²) < 4.78 is 7.78. The van der Waals surface area contributed by atoms with E-state index in [9.17, 15) is 0 Å². The van der Waals surface area contributed by atoms with E-state index in [4.69, 9.17) is 4.74 Å². The Kier molecular flexibility index (Phi) is 4.29. The average molecular weight is 362 g/mol. The fourth-order valence-electron chi connectivity index (χ4n) is 4.22. The van der Waals surface area contributed by atoms with Gasteiger partial charge in [-0.25, -0.2) is 9.97 Å². The lowest BCUT2D eigenvalue weighted by Crippen LogP contribution is -2.49. The van der Waals surface area contributed by atoms with Gasteiger partial charge in [0.25, 0.3) is 0 Å². The first-order valence-corrected chi connectivity index (χ1v) is 9.53. The van der Waals surface area contributed by atoms with E-state index < -0.39 is 0 Å². The third kappa shape index (κ3) is 3.42. The van der Waals surface area contributed by atoms with Crippen LogP contribution in [-0.4, -0.2) is 48.8 Å². The van der Waals surface area contributed by atoms with Crippen LogP contribution in [0.1, 0.15) is 24.8 Å². The van der Waals surface area contributed by atoms with Crippen molar-refractivity contribution in [2.45, 2.75) is 31.7 Å². The summed E-state index contributed by atoms with van der Waals surface area (Å²) in [5, 5.41) is 8.39. The van der Waals surface area contributed by atoms with Gasteiger partial charge in [-0.3, -0.25) is 4.57 Å². The van der Waals surface area contributed by atoms with Gasteiger partial charge in [0.1, 0.15) is 6.33 Å². The third-order valence-electron chi connectivity index (χ3n) is 5.67. The molecule has 6 heterocycles. The highest BCUT2D eigenvalue weighted by molar-refractivity contribution is 5.31. The number of imidazole rings is 1. The molecule has 7 heteroatoms. The van der Waals surface area contributed by atoms with E-state index in [0.29, 0.717) is 23.6 Å². The van der Waals surface area contributed by atoms with Gasteiger partial charge in [0.2, 0.25) is 11.8 Å². The molecule has 3 aliphatic rings. The maximum absolute atomic E-state index is 5.98. The van der Waals surface area contributed by atoms with Crippen LogP contribution in [0, 0.1) is 5.92 Å². The Morgan fingerprint density at radius 1 is 1.07 bits per heavy atom. The molecular formula is C20H22N6O. The summed E-state index contributed by atoms with van der Waals surface area (Å²) in [5.41, 5.74) is 1.13. The van der Waals surface area contributed by atoms with Crippen molar-refractivity contribution in [3.8, 4) is 17.6 Å². The van der Waals surface area contributed by atoms with Crippen molar-refractivity contribution >= 4 is 0 Å². The van der Waals surface area contributed by atoms with Gasteiger partial charge in [-0.2, -0.15) is 0 Å². The highest BCUT2D eigenvalue weighted by atomic mass is 16.5. The topological polar surface area (TPSA) is 69.0 Å². The SMILES string of the molecule is c1cnc(Oc2ccc(-n3ccnc3)nn2)c(CC2CC3CCN2CC3)c1. The fourth-order valence-corrected chi connectivity index (χ4v) is 4.22. The van der Waals surface area contributed by atoms with Gasteiger partial charge in [0.05, 0.1) is 0 Å². The van der Waals surface area contributed by atoms with E-state index in [1.165, 1.54) is 32.4 Å². The Balaban J connectivity index is 1.32. The molecule has 3 fully saturated rings. The second-order valence-corrected chi connectivity index (χ2v) is 7.34. The number of aromatic nitrogens is 5. The molecule has 3 aliphatic heterocycles. The number of rotatable bonds is 5. The number of hydrogen-bond donors (Lipinski definition) is 0. The molecule has 0 N–H and O–H groups in total. The molecule has 0 spiro atoms. The maximum Gasteiger partial charge on any atom is 0.240 e. The van der Waals surface area contributed by atoms with E-state index in [1.54, 1.807) is 23.3 Å². The van der Waals surface area contributed by atoms with Crippen LogP contribution in [-0.2, 0) is 6.42 Å². The first kappa shape index (κ1) is 16.4. The molecule has 0 radical (unpaired) electrons. The van der Waals surface area contributed by atoms with Gasteiger partial charge in [-0.1, -0.05) is 6.07 Å². The summed E-state index contributed by atoms with van der Waals surface area (Å²) in [7, 11) is 0.